The van der Waals surface area contributed by atoms with Crippen molar-refractivity contribution < 1.29 is 32.5 Å². The molecule has 0 spiro atoms. The largest absolute Gasteiger partial charge is 0.493 e. The molecule has 0 radical (unpaired) electrons. The van der Waals surface area contributed by atoms with Gasteiger partial charge in [0.25, 0.3) is 6.47 Å². The highest BCUT2D eigenvalue weighted by atomic mass is 19.4. The van der Waals surface area contributed by atoms with Gasteiger partial charge in [-0.05, 0) is 96.3 Å². The third-order valence-electron chi connectivity index (χ3n) is 7.23. The normalized spacial score (nSPS) is 14.0. The zero-order chi connectivity index (χ0) is 29.2. The second-order valence-electron chi connectivity index (χ2n) is 9.85. The van der Waals surface area contributed by atoms with Crippen LogP contribution in [-0.4, -0.2) is 29.8 Å². The summed E-state index contributed by atoms with van der Waals surface area (Å²) in [4.78, 5) is 12.5. The number of carboxylic acid groups (broad SMARTS) is 1. The van der Waals surface area contributed by atoms with Gasteiger partial charge in [-0.1, -0.05) is 42.5 Å². The van der Waals surface area contributed by atoms with E-state index in [0.29, 0.717) is 0 Å². The Hall–Kier alpha value is -4.33. The molecule has 5 nitrogen and oxygen atoms in total. The van der Waals surface area contributed by atoms with Gasteiger partial charge in [0, 0.05) is 18.3 Å². The molecule has 214 valence electrons. The molecule has 1 unspecified atom stereocenters. The first-order valence-corrected chi connectivity index (χ1v) is 13.4. The predicted molar refractivity (Wildman–Crippen MR) is 151 cm³/mol. The fourth-order valence-electron chi connectivity index (χ4n) is 5.13. The molecule has 8 heteroatoms. The predicted octanol–water partition coefficient (Wildman–Crippen LogP) is 8.17. The summed E-state index contributed by atoms with van der Waals surface area (Å²) < 4.78 is 50.9. The number of nitrogens with zero attached hydrogens (tertiary/aromatic N) is 1. The van der Waals surface area contributed by atoms with E-state index in [1.54, 1.807) is 19.5 Å². The Bertz CT molecular complexity index is 1390. The maximum Gasteiger partial charge on any atom is 0.416 e. The van der Waals surface area contributed by atoms with Gasteiger partial charge in [-0.3, -0.25) is 9.78 Å². The standard InChI is InChI=1S/C32H30F3NO2.CH2O2/c1-37-30-15-12-26(21-31(30)38-28-4-2-3-5-28)29(20-22-16-18-36-19-17-22)25-8-6-23(7-9-25)24-10-13-27(14-11-24)32(33,34)35;2-1-3/h6-19,21,28-29H,2-5,20H2,1H3;1H,(H,2,3). The molecule has 1 atom stereocenters. The molecule has 5 rings (SSSR count). The van der Waals surface area contributed by atoms with Crippen LogP contribution in [-0.2, 0) is 17.4 Å². The van der Waals surface area contributed by atoms with Crippen LogP contribution in [0.4, 0.5) is 13.2 Å². The molecule has 0 saturated heterocycles. The average molecular weight is 564 g/mol. The third kappa shape index (κ3) is 7.87. The number of carbonyl (C=O) groups is 1. The number of halogens is 3. The molecule has 3 aromatic carbocycles. The SMILES string of the molecule is COc1ccc(C(Cc2ccncc2)c2ccc(-c3ccc(C(F)(F)F)cc3)cc2)cc1OC1CCCC1.O=CO. The van der Waals surface area contributed by atoms with Crippen LogP contribution in [0.1, 0.15) is 53.9 Å². The van der Waals surface area contributed by atoms with Crippen molar-refractivity contribution in [3.63, 3.8) is 0 Å². The van der Waals surface area contributed by atoms with Crippen molar-refractivity contribution in [3.8, 4) is 22.6 Å². The smallest absolute Gasteiger partial charge is 0.416 e. The van der Waals surface area contributed by atoms with E-state index in [-0.39, 0.29) is 18.5 Å². The number of hydrogen-bond acceptors (Lipinski definition) is 4. The fraction of sp³-hybridized carbons (Fsp3) is 0.273. The summed E-state index contributed by atoms with van der Waals surface area (Å²) in [7, 11) is 1.66. The van der Waals surface area contributed by atoms with Crippen molar-refractivity contribution >= 4 is 6.47 Å². The van der Waals surface area contributed by atoms with E-state index in [1.165, 1.54) is 25.0 Å². The van der Waals surface area contributed by atoms with Crippen molar-refractivity contribution in [2.45, 2.75) is 50.3 Å². The van der Waals surface area contributed by atoms with Crippen LogP contribution >= 0.6 is 0 Å². The van der Waals surface area contributed by atoms with Crippen LogP contribution < -0.4 is 9.47 Å². The van der Waals surface area contributed by atoms with Crippen molar-refractivity contribution in [3.05, 3.63) is 114 Å². The zero-order valence-electron chi connectivity index (χ0n) is 22.7. The molecule has 1 fully saturated rings. The molecule has 0 bridgehead atoms. The van der Waals surface area contributed by atoms with E-state index in [0.717, 1.165) is 70.7 Å². The highest BCUT2D eigenvalue weighted by Crippen LogP contribution is 2.38. The monoisotopic (exact) mass is 563 g/mol. The van der Waals surface area contributed by atoms with Crippen LogP contribution in [0, 0.1) is 0 Å². The number of pyridine rings is 1. The van der Waals surface area contributed by atoms with Crippen molar-refractivity contribution in [2.75, 3.05) is 7.11 Å². The van der Waals surface area contributed by atoms with E-state index in [9.17, 15) is 13.2 Å². The van der Waals surface area contributed by atoms with Crippen LogP contribution in [0.2, 0.25) is 0 Å². The highest BCUT2D eigenvalue weighted by molar-refractivity contribution is 5.64. The maximum absolute atomic E-state index is 13.0. The molecule has 1 heterocycles. The molecule has 1 N–H and O–H groups in total. The summed E-state index contributed by atoms with van der Waals surface area (Å²) in [6.07, 6.45) is 4.69. The number of hydrogen-bond donors (Lipinski definition) is 1. The molecular formula is C33H32F3NO4. The van der Waals surface area contributed by atoms with E-state index < -0.39 is 11.7 Å². The number of alkyl halides is 3. The van der Waals surface area contributed by atoms with Gasteiger partial charge < -0.3 is 14.6 Å². The average Bonchev–Trinajstić information content (AvgIpc) is 3.50. The van der Waals surface area contributed by atoms with Crippen molar-refractivity contribution in [1.29, 1.82) is 0 Å². The Labute approximate surface area is 237 Å². The van der Waals surface area contributed by atoms with Crippen LogP contribution in [0.3, 0.4) is 0 Å². The molecule has 41 heavy (non-hydrogen) atoms. The minimum Gasteiger partial charge on any atom is -0.493 e. The van der Waals surface area contributed by atoms with Gasteiger partial charge in [0.2, 0.25) is 0 Å². The van der Waals surface area contributed by atoms with Gasteiger partial charge in [-0.25, -0.2) is 0 Å². The van der Waals surface area contributed by atoms with E-state index in [2.05, 4.69) is 29.2 Å². The highest BCUT2D eigenvalue weighted by Gasteiger charge is 2.30. The molecule has 1 aliphatic carbocycles. The number of aromatic nitrogens is 1. The molecule has 1 saturated carbocycles. The van der Waals surface area contributed by atoms with Crippen LogP contribution in [0.25, 0.3) is 11.1 Å². The molecule has 0 aliphatic heterocycles. The molecule has 4 aromatic rings. The van der Waals surface area contributed by atoms with E-state index in [4.69, 9.17) is 19.4 Å². The quantitative estimate of drug-likeness (QED) is 0.219. The van der Waals surface area contributed by atoms with Gasteiger partial charge in [0.15, 0.2) is 11.5 Å². The van der Waals surface area contributed by atoms with Gasteiger partial charge in [0.1, 0.15) is 0 Å². The number of methoxy groups -OCH3 is 1. The summed E-state index contributed by atoms with van der Waals surface area (Å²) in [6.45, 7) is -0.250. The number of rotatable bonds is 8. The summed E-state index contributed by atoms with van der Waals surface area (Å²) in [5.41, 5.74) is 4.33. The second kappa shape index (κ2) is 13.8. The first-order valence-electron chi connectivity index (χ1n) is 13.4. The summed E-state index contributed by atoms with van der Waals surface area (Å²) in [5.74, 6) is 1.52. The summed E-state index contributed by atoms with van der Waals surface area (Å²) >= 11 is 0. The number of benzene rings is 3. The first kappa shape index (κ1) is 29.6. The van der Waals surface area contributed by atoms with Crippen molar-refractivity contribution in [1.82, 2.24) is 4.98 Å². The topological polar surface area (TPSA) is 68.7 Å². The molecule has 1 aromatic heterocycles. The Kier molecular flexibility index (Phi) is 10.0. The van der Waals surface area contributed by atoms with Gasteiger partial charge in [-0.15, -0.1) is 0 Å². The Morgan fingerprint density at radius 3 is 2.00 bits per heavy atom. The first-order chi connectivity index (χ1) is 19.8. The molecular weight excluding hydrogens is 531 g/mol. The molecule has 0 amide bonds. The summed E-state index contributed by atoms with van der Waals surface area (Å²) in [5, 5.41) is 6.89. The minimum atomic E-state index is -4.35. The van der Waals surface area contributed by atoms with E-state index >= 15 is 0 Å². The fourth-order valence-corrected chi connectivity index (χ4v) is 5.13. The lowest BCUT2D eigenvalue weighted by molar-refractivity contribution is -0.137. The van der Waals surface area contributed by atoms with Gasteiger partial charge in [-0.2, -0.15) is 13.2 Å². The van der Waals surface area contributed by atoms with E-state index in [1.807, 2.05) is 30.3 Å². The van der Waals surface area contributed by atoms with Crippen LogP contribution in [0.5, 0.6) is 11.5 Å². The van der Waals surface area contributed by atoms with Gasteiger partial charge in [0.05, 0.1) is 18.8 Å². The summed E-state index contributed by atoms with van der Waals surface area (Å²) in [6, 6.07) is 23.5. The number of ether oxygens (including phenoxy) is 2. The second-order valence-corrected chi connectivity index (χ2v) is 9.85. The Balaban J connectivity index is 0.00000124. The lowest BCUT2D eigenvalue weighted by Crippen LogP contribution is -2.12. The van der Waals surface area contributed by atoms with Gasteiger partial charge >= 0.3 is 6.18 Å². The lowest BCUT2D eigenvalue weighted by Gasteiger charge is -2.22. The zero-order valence-corrected chi connectivity index (χ0v) is 22.7. The van der Waals surface area contributed by atoms with Crippen LogP contribution in [0.15, 0.2) is 91.3 Å². The molecule has 1 aliphatic rings. The Morgan fingerprint density at radius 1 is 0.878 bits per heavy atom. The van der Waals surface area contributed by atoms with Crippen molar-refractivity contribution in [2.24, 2.45) is 0 Å². The third-order valence-corrected chi connectivity index (χ3v) is 7.23. The minimum absolute atomic E-state index is 0.0379. The lowest BCUT2D eigenvalue weighted by atomic mass is 9.85. The Morgan fingerprint density at radius 2 is 1.44 bits per heavy atom. The maximum atomic E-state index is 13.0.